The van der Waals surface area contributed by atoms with Crippen LogP contribution in [0.1, 0.15) is 33.1 Å². The van der Waals surface area contributed by atoms with Crippen molar-refractivity contribution in [1.29, 1.82) is 0 Å². The third kappa shape index (κ3) is 7.15. The molecule has 1 fully saturated rings. The first-order chi connectivity index (χ1) is 9.02. The molecule has 19 heavy (non-hydrogen) atoms. The van der Waals surface area contributed by atoms with Gasteiger partial charge < -0.3 is 15.0 Å². The van der Waals surface area contributed by atoms with Crippen LogP contribution in [0.5, 0.6) is 0 Å². The summed E-state index contributed by atoms with van der Waals surface area (Å²) in [5, 5.41) is 3.20. The minimum Gasteiger partial charge on any atom is -0.469 e. The molecule has 0 aromatic rings. The van der Waals surface area contributed by atoms with E-state index >= 15 is 0 Å². The summed E-state index contributed by atoms with van der Waals surface area (Å²) in [6.07, 6.45) is 2.82. The Morgan fingerprint density at radius 1 is 1.37 bits per heavy atom. The molecule has 1 rings (SSSR count). The second kappa shape index (κ2) is 8.15. The zero-order valence-corrected chi connectivity index (χ0v) is 12.3. The number of carbonyl (C=O) groups is 2. The highest BCUT2D eigenvalue weighted by Gasteiger charge is 2.22. The summed E-state index contributed by atoms with van der Waals surface area (Å²) < 4.78 is 4.61. The van der Waals surface area contributed by atoms with Gasteiger partial charge in [0.2, 0.25) is 5.91 Å². The van der Waals surface area contributed by atoms with Gasteiger partial charge in [0.05, 0.1) is 20.1 Å². The molecule has 0 unspecified atom stereocenters. The van der Waals surface area contributed by atoms with Gasteiger partial charge in [-0.15, -0.1) is 0 Å². The van der Waals surface area contributed by atoms with Crippen LogP contribution in [0.4, 0.5) is 0 Å². The fourth-order valence-corrected chi connectivity index (χ4v) is 1.90. The van der Waals surface area contributed by atoms with Crippen molar-refractivity contribution < 1.29 is 14.3 Å². The molecule has 0 heterocycles. The van der Waals surface area contributed by atoms with E-state index in [-0.39, 0.29) is 18.3 Å². The molecule has 0 saturated heterocycles. The van der Waals surface area contributed by atoms with E-state index in [0.29, 0.717) is 25.6 Å². The van der Waals surface area contributed by atoms with E-state index in [4.69, 9.17) is 0 Å². The Kier molecular flexibility index (Phi) is 6.84. The van der Waals surface area contributed by atoms with Crippen molar-refractivity contribution in [3.8, 4) is 0 Å². The van der Waals surface area contributed by atoms with Crippen LogP contribution in [0, 0.1) is 11.8 Å². The monoisotopic (exact) mass is 270 g/mol. The smallest absolute Gasteiger partial charge is 0.307 e. The number of hydrogen-bond donors (Lipinski definition) is 1. The van der Waals surface area contributed by atoms with E-state index < -0.39 is 0 Å². The molecule has 0 bridgehead atoms. The first-order valence-corrected chi connectivity index (χ1v) is 7.08. The van der Waals surface area contributed by atoms with E-state index in [1.54, 1.807) is 4.90 Å². The third-order valence-electron chi connectivity index (χ3n) is 3.16. The number of esters is 1. The van der Waals surface area contributed by atoms with Crippen molar-refractivity contribution >= 4 is 11.9 Å². The summed E-state index contributed by atoms with van der Waals surface area (Å²) in [5.74, 6) is 0.956. The number of hydrogen-bond acceptors (Lipinski definition) is 4. The zero-order valence-electron chi connectivity index (χ0n) is 12.3. The summed E-state index contributed by atoms with van der Waals surface area (Å²) in [5.41, 5.74) is 0. The van der Waals surface area contributed by atoms with Crippen LogP contribution in [-0.4, -0.2) is 50.1 Å². The molecule has 0 aromatic heterocycles. The Hall–Kier alpha value is -1.10. The molecular formula is C14H26N2O3. The van der Waals surface area contributed by atoms with E-state index in [9.17, 15) is 9.59 Å². The minimum absolute atomic E-state index is 0.0678. The van der Waals surface area contributed by atoms with E-state index in [1.165, 1.54) is 20.0 Å². The Morgan fingerprint density at radius 2 is 2.05 bits per heavy atom. The lowest BCUT2D eigenvalue weighted by Gasteiger charge is -2.24. The second-order valence-corrected chi connectivity index (χ2v) is 5.63. The van der Waals surface area contributed by atoms with Gasteiger partial charge in [0.25, 0.3) is 0 Å². The number of rotatable bonds is 9. The highest BCUT2D eigenvalue weighted by atomic mass is 16.5. The Balaban J connectivity index is 2.31. The van der Waals surface area contributed by atoms with E-state index in [1.807, 2.05) is 0 Å². The number of nitrogens with zero attached hydrogens (tertiary/aromatic N) is 1. The van der Waals surface area contributed by atoms with Gasteiger partial charge in [0.15, 0.2) is 0 Å². The average molecular weight is 270 g/mol. The van der Waals surface area contributed by atoms with Crippen molar-refractivity contribution in [2.75, 3.05) is 33.3 Å². The molecule has 0 radical (unpaired) electrons. The van der Waals surface area contributed by atoms with Gasteiger partial charge in [-0.3, -0.25) is 9.59 Å². The van der Waals surface area contributed by atoms with Crippen molar-refractivity contribution in [3.63, 3.8) is 0 Å². The van der Waals surface area contributed by atoms with Crippen LogP contribution >= 0.6 is 0 Å². The normalized spacial score (nSPS) is 14.5. The molecule has 1 N–H and O–H groups in total. The lowest BCUT2D eigenvalue weighted by atomic mass is 10.2. The molecule has 0 aromatic carbocycles. The molecular weight excluding hydrogens is 244 g/mol. The van der Waals surface area contributed by atoms with Crippen LogP contribution in [-0.2, 0) is 14.3 Å². The lowest BCUT2D eigenvalue weighted by molar-refractivity contribution is -0.141. The Labute approximate surface area is 115 Å². The van der Waals surface area contributed by atoms with Gasteiger partial charge in [-0.2, -0.15) is 0 Å². The molecule has 0 atom stereocenters. The molecule has 1 amide bonds. The molecule has 1 saturated carbocycles. The maximum Gasteiger partial charge on any atom is 0.307 e. The maximum atomic E-state index is 12.1. The highest BCUT2D eigenvalue weighted by molar-refractivity contribution is 5.79. The third-order valence-corrected chi connectivity index (χ3v) is 3.16. The van der Waals surface area contributed by atoms with Gasteiger partial charge >= 0.3 is 5.97 Å². The topological polar surface area (TPSA) is 58.6 Å². The predicted octanol–water partition coefficient (Wildman–Crippen LogP) is 1.03. The number of amides is 1. The van der Waals surface area contributed by atoms with E-state index in [2.05, 4.69) is 23.9 Å². The van der Waals surface area contributed by atoms with Gasteiger partial charge in [0.1, 0.15) is 0 Å². The van der Waals surface area contributed by atoms with Gasteiger partial charge in [-0.25, -0.2) is 0 Å². The second-order valence-electron chi connectivity index (χ2n) is 5.63. The maximum absolute atomic E-state index is 12.1. The van der Waals surface area contributed by atoms with Crippen molar-refractivity contribution in [3.05, 3.63) is 0 Å². The molecule has 0 spiro atoms. The summed E-state index contributed by atoms with van der Waals surface area (Å²) in [6, 6.07) is 0. The lowest BCUT2D eigenvalue weighted by Crippen LogP contribution is -2.41. The highest BCUT2D eigenvalue weighted by Crippen LogP contribution is 2.27. The molecule has 1 aliphatic rings. The van der Waals surface area contributed by atoms with Crippen molar-refractivity contribution in [2.24, 2.45) is 11.8 Å². The Bertz CT molecular complexity index is 301. The first-order valence-electron chi connectivity index (χ1n) is 7.08. The van der Waals surface area contributed by atoms with E-state index in [0.717, 1.165) is 12.5 Å². The fraction of sp³-hybridized carbons (Fsp3) is 0.857. The Morgan fingerprint density at radius 3 is 2.58 bits per heavy atom. The first kappa shape index (κ1) is 16.0. The summed E-state index contributed by atoms with van der Waals surface area (Å²) >= 11 is 0. The van der Waals surface area contributed by atoms with Gasteiger partial charge in [0, 0.05) is 13.1 Å². The molecule has 0 aliphatic heterocycles. The quantitative estimate of drug-likeness (QED) is 0.636. The summed E-state index contributed by atoms with van der Waals surface area (Å²) in [6.45, 7) is 6.55. The summed E-state index contributed by atoms with van der Waals surface area (Å²) in [7, 11) is 1.37. The SMILES string of the molecule is COC(=O)CCN(CC(C)C)C(=O)CNCC1CC1. The zero-order chi connectivity index (χ0) is 14.3. The molecule has 1 aliphatic carbocycles. The predicted molar refractivity (Wildman–Crippen MR) is 73.6 cm³/mol. The van der Waals surface area contributed by atoms with Crippen LogP contribution in [0.15, 0.2) is 0 Å². The van der Waals surface area contributed by atoms with Crippen molar-refractivity contribution in [2.45, 2.75) is 33.1 Å². The molecule has 5 heteroatoms. The van der Waals surface area contributed by atoms with Crippen LogP contribution in [0.25, 0.3) is 0 Å². The minimum atomic E-state index is -0.271. The fourth-order valence-electron chi connectivity index (χ4n) is 1.90. The standard InChI is InChI=1S/C14H26N2O3/c1-11(2)10-16(7-6-14(18)19-3)13(17)9-15-8-12-4-5-12/h11-12,15H,4-10H2,1-3H3. The summed E-state index contributed by atoms with van der Waals surface area (Å²) in [4.78, 5) is 25.0. The van der Waals surface area contributed by atoms with Crippen LogP contribution in [0.3, 0.4) is 0 Å². The molecule has 110 valence electrons. The number of methoxy groups -OCH3 is 1. The van der Waals surface area contributed by atoms with Crippen molar-refractivity contribution in [1.82, 2.24) is 10.2 Å². The molecule has 5 nitrogen and oxygen atoms in total. The number of nitrogens with one attached hydrogen (secondary N) is 1. The van der Waals surface area contributed by atoms with Gasteiger partial charge in [-0.05, 0) is 31.2 Å². The van der Waals surface area contributed by atoms with Crippen LogP contribution in [0.2, 0.25) is 0 Å². The number of carbonyl (C=O) groups excluding carboxylic acids is 2. The van der Waals surface area contributed by atoms with Gasteiger partial charge in [-0.1, -0.05) is 13.8 Å². The largest absolute Gasteiger partial charge is 0.469 e. The number of ether oxygens (including phenoxy) is 1. The average Bonchev–Trinajstić information content (AvgIpc) is 3.17. The van der Waals surface area contributed by atoms with Crippen LogP contribution < -0.4 is 5.32 Å².